The average Bonchev–Trinajstić information content (AvgIpc) is 2.94. The number of fused-ring (bicyclic) bond motifs is 1. The van der Waals surface area contributed by atoms with E-state index < -0.39 is 24.0 Å². The molecule has 3 rings (SSSR count). The van der Waals surface area contributed by atoms with Gasteiger partial charge in [0.1, 0.15) is 4.32 Å². The van der Waals surface area contributed by atoms with Crippen LogP contribution >= 0.6 is 35.7 Å². The second-order valence-corrected chi connectivity index (χ2v) is 9.20. The Morgan fingerprint density at radius 3 is 2.70 bits per heavy atom. The lowest BCUT2D eigenvalue weighted by molar-refractivity contribution is -0.165. The number of nitrogens with zero attached hydrogens (tertiary/aromatic N) is 2. The summed E-state index contributed by atoms with van der Waals surface area (Å²) in [5.74, 6) is -1.94. The molecule has 2 saturated heterocycles. The number of benzene rings is 1. The van der Waals surface area contributed by atoms with E-state index in [9.17, 15) is 19.8 Å². The summed E-state index contributed by atoms with van der Waals surface area (Å²) in [5.41, 5.74) is 1.13. The highest BCUT2D eigenvalue weighted by Gasteiger charge is 2.60. The maximum absolute atomic E-state index is 12.2. The predicted molar refractivity (Wildman–Crippen MR) is 111 cm³/mol. The van der Waals surface area contributed by atoms with Crippen LogP contribution in [0.25, 0.3) is 0 Å². The highest BCUT2D eigenvalue weighted by atomic mass is 32.2. The molecule has 1 aromatic rings. The van der Waals surface area contributed by atoms with Crippen LogP contribution in [-0.4, -0.2) is 60.8 Å². The van der Waals surface area contributed by atoms with Crippen LogP contribution in [-0.2, 0) is 16.1 Å². The standard InChI is InChI=1S/C18H20N2O4S3/c1-10(21)13-15(22)20-14(17(23)24)12(27-16(13)20)9-26-18(25)19(2)8-11-6-4-3-5-7-11/h3-7,9-10,13-14,16,21H,8H2,1-2H3,(H,23,24)/t10-,13+,14?,16-/m1/s1. The molecule has 1 aromatic carbocycles. The van der Waals surface area contributed by atoms with E-state index in [4.69, 9.17) is 12.2 Å². The number of aliphatic hydroxyl groups excluding tert-OH is 1. The van der Waals surface area contributed by atoms with Crippen molar-refractivity contribution >= 4 is 51.9 Å². The number of amides is 1. The molecule has 0 aliphatic carbocycles. The van der Waals surface area contributed by atoms with Crippen LogP contribution in [0.5, 0.6) is 0 Å². The lowest BCUT2D eigenvalue weighted by Crippen LogP contribution is -2.63. The van der Waals surface area contributed by atoms with Gasteiger partial charge in [0, 0.05) is 18.5 Å². The molecular formula is C18H20N2O4S3. The van der Waals surface area contributed by atoms with Crippen molar-refractivity contribution in [2.75, 3.05) is 7.05 Å². The van der Waals surface area contributed by atoms with Crippen LogP contribution in [0.3, 0.4) is 0 Å². The zero-order chi connectivity index (χ0) is 19.7. The Labute approximate surface area is 171 Å². The van der Waals surface area contributed by atoms with Gasteiger partial charge in [-0.1, -0.05) is 54.3 Å². The van der Waals surface area contributed by atoms with Crippen molar-refractivity contribution < 1.29 is 19.8 Å². The lowest BCUT2D eigenvalue weighted by atomic mass is 9.91. The summed E-state index contributed by atoms with van der Waals surface area (Å²) < 4.78 is 0.615. The molecule has 2 aliphatic heterocycles. The van der Waals surface area contributed by atoms with Gasteiger partial charge >= 0.3 is 5.97 Å². The molecule has 27 heavy (non-hydrogen) atoms. The fraction of sp³-hybridized carbons (Fsp3) is 0.389. The number of thioether (sulfide) groups is 2. The van der Waals surface area contributed by atoms with Gasteiger partial charge < -0.3 is 20.0 Å². The molecule has 9 heteroatoms. The summed E-state index contributed by atoms with van der Waals surface area (Å²) in [5, 5.41) is 20.7. The fourth-order valence-electron chi connectivity index (χ4n) is 3.15. The molecule has 2 aliphatic rings. The first-order valence-electron chi connectivity index (χ1n) is 8.36. The molecule has 6 nitrogen and oxygen atoms in total. The number of β-lactam (4-membered cyclic amide) rings is 1. The molecule has 0 saturated carbocycles. The Morgan fingerprint density at radius 2 is 2.11 bits per heavy atom. The Hall–Kier alpha value is -1.55. The van der Waals surface area contributed by atoms with Crippen molar-refractivity contribution in [2.24, 2.45) is 5.92 Å². The van der Waals surface area contributed by atoms with Crippen LogP contribution in [0.1, 0.15) is 12.5 Å². The summed E-state index contributed by atoms with van der Waals surface area (Å²) in [6, 6.07) is 8.92. The summed E-state index contributed by atoms with van der Waals surface area (Å²) in [6.07, 6.45) is -0.800. The number of hydrogen-bond donors (Lipinski definition) is 2. The molecule has 2 fully saturated rings. The zero-order valence-corrected chi connectivity index (χ0v) is 17.3. The van der Waals surface area contributed by atoms with Crippen LogP contribution in [0.2, 0.25) is 0 Å². The largest absolute Gasteiger partial charge is 0.479 e. The minimum atomic E-state index is -1.07. The van der Waals surface area contributed by atoms with E-state index in [0.29, 0.717) is 15.8 Å². The van der Waals surface area contributed by atoms with Crippen molar-refractivity contribution in [2.45, 2.75) is 31.0 Å². The number of hydrogen-bond acceptors (Lipinski definition) is 6. The summed E-state index contributed by atoms with van der Waals surface area (Å²) in [6.45, 7) is 2.21. The van der Waals surface area contributed by atoms with Crippen molar-refractivity contribution in [3.63, 3.8) is 0 Å². The Morgan fingerprint density at radius 1 is 1.44 bits per heavy atom. The number of carbonyl (C=O) groups excluding carboxylic acids is 1. The summed E-state index contributed by atoms with van der Waals surface area (Å²) >= 11 is 8.04. The molecule has 4 atom stereocenters. The third-order valence-corrected chi connectivity index (χ3v) is 7.54. The van der Waals surface area contributed by atoms with Crippen LogP contribution < -0.4 is 0 Å². The monoisotopic (exact) mass is 424 g/mol. The molecule has 0 bridgehead atoms. The van der Waals surface area contributed by atoms with Gasteiger partial charge in [0.2, 0.25) is 5.91 Å². The number of thiocarbonyl (C=S) groups is 1. The van der Waals surface area contributed by atoms with Crippen LogP contribution in [0, 0.1) is 5.92 Å². The Bertz CT molecular complexity index is 784. The van der Waals surface area contributed by atoms with E-state index in [1.165, 1.54) is 28.4 Å². The number of aliphatic carboxylic acids is 1. The lowest BCUT2D eigenvalue weighted by Gasteiger charge is -2.44. The van der Waals surface area contributed by atoms with Gasteiger partial charge in [0.05, 0.1) is 17.4 Å². The van der Waals surface area contributed by atoms with Gasteiger partial charge in [-0.3, -0.25) is 4.79 Å². The third kappa shape index (κ3) is 4.01. The number of carboxylic acid groups (broad SMARTS) is 1. The maximum Gasteiger partial charge on any atom is 0.331 e. The Balaban J connectivity index is 1.67. The molecule has 1 amide bonds. The Kier molecular flexibility index (Phi) is 6.15. The third-order valence-electron chi connectivity index (χ3n) is 4.53. The van der Waals surface area contributed by atoms with Gasteiger partial charge in [-0.2, -0.15) is 0 Å². The molecule has 144 valence electrons. The van der Waals surface area contributed by atoms with Gasteiger partial charge in [-0.25, -0.2) is 4.79 Å². The van der Waals surface area contributed by atoms with Gasteiger partial charge in [0.15, 0.2) is 6.04 Å². The molecule has 0 radical (unpaired) electrons. The first-order valence-corrected chi connectivity index (χ1v) is 10.5. The molecular weight excluding hydrogens is 404 g/mol. The van der Waals surface area contributed by atoms with Gasteiger partial charge in [0.25, 0.3) is 0 Å². The number of aliphatic hydroxyl groups is 1. The van der Waals surface area contributed by atoms with E-state index in [1.54, 1.807) is 12.3 Å². The van der Waals surface area contributed by atoms with Crippen molar-refractivity contribution in [1.29, 1.82) is 0 Å². The molecule has 1 unspecified atom stereocenters. The first-order chi connectivity index (χ1) is 12.8. The number of carboxylic acids is 1. The van der Waals surface area contributed by atoms with Gasteiger partial charge in [-0.15, -0.1) is 11.8 Å². The van der Waals surface area contributed by atoms with Gasteiger partial charge in [-0.05, 0) is 17.9 Å². The zero-order valence-electron chi connectivity index (χ0n) is 14.8. The highest BCUT2D eigenvalue weighted by molar-refractivity contribution is 8.25. The van der Waals surface area contributed by atoms with Crippen molar-refractivity contribution in [3.8, 4) is 0 Å². The van der Waals surface area contributed by atoms with E-state index in [1.807, 2.05) is 42.3 Å². The maximum atomic E-state index is 12.2. The van der Waals surface area contributed by atoms with Crippen molar-refractivity contribution in [3.05, 3.63) is 46.2 Å². The van der Waals surface area contributed by atoms with E-state index in [0.717, 1.165) is 5.56 Å². The minimum absolute atomic E-state index is 0.313. The predicted octanol–water partition coefficient (Wildman–Crippen LogP) is 2.34. The van der Waals surface area contributed by atoms with E-state index in [-0.39, 0.29) is 11.3 Å². The second-order valence-electron chi connectivity index (χ2n) is 6.51. The van der Waals surface area contributed by atoms with Crippen LogP contribution in [0.15, 0.2) is 40.6 Å². The minimum Gasteiger partial charge on any atom is -0.479 e. The molecule has 0 spiro atoms. The van der Waals surface area contributed by atoms with E-state index >= 15 is 0 Å². The fourth-order valence-corrected chi connectivity index (χ4v) is 5.77. The number of rotatable bonds is 5. The van der Waals surface area contributed by atoms with Crippen LogP contribution in [0.4, 0.5) is 0 Å². The quantitative estimate of drug-likeness (QED) is 0.551. The molecule has 0 aromatic heterocycles. The smallest absolute Gasteiger partial charge is 0.331 e. The number of carbonyl (C=O) groups is 2. The van der Waals surface area contributed by atoms with Crippen molar-refractivity contribution in [1.82, 2.24) is 9.80 Å². The molecule has 2 heterocycles. The second kappa shape index (κ2) is 8.22. The molecule has 2 N–H and O–H groups in total. The summed E-state index contributed by atoms with van der Waals surface area (Å²) in [4.78, 5) is 27.7. The SMILES string of the molecule is C[C@@H](O)[C@H]1C(=O)N2C(C(=O)O)C(=CSC(=S)N(C)Cc3ccccc3)S[C@H]12. The van der Waals surface area contributed by atoms with E-state index in [2.05, 4.69) is 0 Å². The topological polar surface area (TPSA) is 81.1 Å². The summed E-state index contributed by atoms with van der Waals surface area (Å²) in [7, 11) is 1.89. The first kappa shape index (κ1) is 20.2. The highest BCUT2D eigenvalue weighted by Crippen LogP contribution is 2.51. The normalized spacial score (nSPS) is 26.5. The average molecular weight is 425 g/mol.